The monoisotopic (exact) mass is 229 g/mol. The maximum atomic E-state index is 11.8. The molecule has 0 atom stereocenters. The van der Waals surface area contributed by atoms with Gasteiger partial charge < -0.3 is 4.90 Å². The number of amides is 1. The molecule has 90 valence electrons. The van der Waals surface area contributed by atoms with Gasteiger partial charge in [0.15, 0.2) is 0 Å². The second-order valence-corrected chi connectivity index (χ2v) is 3.91. The van der Waals surface area contributed by atoms with Crippen molar-refractivity contribution in [2.75, 3.05) is 13.1 Å². The van der Waals surface area contributed by atoms with Gasteiger partial charge >= 0.3 is 0 Å². The Morgan fingerprint density at radius 2 is 2.00 bits per heavy atom. The fraction of sp³-hybridized carbons (Fsp3) is 0.267. The van der Waals surface area contributed by atoms with E-state index >= 15 is 0 Å². The van der Waals surface area contributed by atoms with E-state index in [1.807, 2.05) is 44.2 Å². The number of hydrogen-bond donors (Lipinski definition) is 0. The van der Waals surface area contributed by atoms with Gasteiger partial charge in [0.25, 0.3) is 0 Å². The second-order valence-electron chi connectivity index (χ2n) is 3.91. The maximum Gasteiger partial charge on any atom is 0.246 e. The number of rotatable bonds is 5. The molecule has 0 aromatic heterocycles. The standard InChI is InChI=1S/C15H19NO/c1-4-12-16(5-2)15(17)11-10-14-8-6-13(3)7-9-14/h4,6-11H,1,5,12H2,2-3H3/b11-10+. The van der Waals surface area contributed by atoms with Gasteiger partial charge in [0.1, 0.15) is 0 Å². The van der Waals surface area contributed by atoms with Gasteiger partial charge in [-0.2, -0.15) is 0 Å². The Bertz CT molecular complexity index is 403. The van der Waals surface area contributed by atoms with Crippen molar-refractivity contribution >= 4 is 12.0 Å². The van der Waals surface area contributed by atoms with E-state index in [1.165, 1.54) is 5.56 Å². The normalized spacial score (nSPS) is 10.5. The molecule has 2 heteroatoms. The van der Waals surface area contributed by atoms with Crippen LogP contribution in [0, 0.1) is 6.92 Å². The molecule has 2 nitrogen and oxygen atoms in total. The zero-order valence-corrected chi connectivity index (χ0v) is 10.5. The number of nitrogens with zero attached hydrogens (tertiary/aromatic N) is 1. The molecule has 0 aliphatic carbocycles. The summed E-state index contributed by atoms with van der Waals surface area (Å²) in [5.41, 5.74) is 2.26. The molecule has 0 unspecified atom stereocenters. The van der Waals surface area contributed by atoms with Gasteiger partial charge in [0.2, 0.25) is 5.91 Å². The third-order valence-electron chi connectivity index (χ3n) is 2.54. The SMILES string of the molecule is C=CCN(CC)C(=O)/C=C/c1ccc(C)cc1. The lowest BCUT2D eigenvalue weighted by atomic mass is 10.1. The van der Waals surface area contributed by atoms with Crippen LogP contribution in [-0.4, -0.2) is 23.9 Å². The topological polar surface area (TPSA) is 20.3 Å². The van der Waals surface area contributed by atoms with Crippen molar-refractivity contribution < 1.29 is 4.79 Å². The summed E-state index contributed by atoms with van der Waals surface area (Å²) in [6.45, 7) is 8.93. The van der Waals surface area contributed by atoms with E-state index in [2.05, 4.69) is 6.58 Å². The van der Waals surface area contributed by atoms with Gasteiger partial charge in [0.05, 0.1) is 0 Å². The number of carbonyl (C=O) groups is 1. The first-order chi connectivity index (χ1) is 8.17. The van der Waals surface area contributed by atoms with Crippen LogP contribution in [0.4, 0.5) is 0 Å². The molecule has 0 saturated carbocycles. The zero-order chi connectivity index (χ0) is 12.7. The third-order valence-corrected chi connectivity index (χ3v) is 2.54. The van der Waals surface area contributed by atoms with E-state index in [0.29, 0.717) is 13.1 Å². The summed E-state index contributed by atoms with van der Waals surface area (Å²) in [5.74, 6) is 0.0213. The highest BCUT2D eigenvalue weighted by atomic mass is 16.2. The minimum atomic E-state index is 0.0213. The molecule has 1 amide bonds. The molecule has 0 fully saturated rings. The number of aryl methyl sites for hydroxylation is 1. The van der Waals surface area contributed by atoms with E-state index < -0.39 is 0 Å². The quantitative estimate of drug-likeness (QED) is 0.561. The lowest BCUT2D eigenvalue weighted by Crippen LogP contribution is -2.29. The summed E-state index contributed by atoms with van der Waals surface area (Å²) >= 11 is 0. The van der Waals surface area contributed by atoms with Crippen molar-refractivity contribution in [3.8, 4) is 0 Å². The van der Waals surface area contributed by atoms with E-state index in [4.69, 9.17) is 0 Å². The van der Waals surface area contributed by atoms with E-state index in [-0.39, 0.29) is 5.91 Å². The fourth-order valence-corrected chi connectivity index (χ4v) is 1.48. The highest BCUT2D eigenvalue weighted by Gasteiger charge is 2.04. The Hall–Kier alpha value is -1.83. The molecular weight excluding hydrogens is 210 g/mol. The number of hydrogen-bond acceptors (Lipinski definition) is 1. The average molecular weight is 229 g/mol. The molecule has 1 aromatic carbocycles. The van der Waals surface area contributed by atoms with Gasteiger partial charge in [0, 0.05) is 19.2 Å². The van der Waals surface area contributed by atoms with Crippen LogP contribution in [0.2, 0.25) is 0 Å². The van der Waals surface area contributed by atoms with Gasteiger partial charge in [-0.15, -0.1) is 6.58 Å². The molecule has 0 aliphatic heterocycles. The predicted molar refractivity (Wildman–Crippen MR) is 72.7 cm³/mol. The van der Waals surface area contributed by atoms with Crippen LogP contribution in [-0.2, 0) is 4.79 Å². The molecule has 17 heavy (non-hydrogen) atoms. The van der Waals surface area contributed by atoms with Crippen LogP contribution in [0.5, 0.6) is 0 Å². The molecule has 0 radical (unpaired) electrons. The van der Waals surface area contributed by atoms with Crippen LogP contribution in [0.25, 0.3) is 6.08 Å². The summed E-state index contributed by atoms with van der Waals surface area (Å²) in [5, 5.41) is 0. The van der Waals surface area contributed by atoms with E-state index in [9.17, 15) is 4.79 Å². The number of benzene rings is 1. The molecule has 0 bridgehead atoms. The van der Waals surface area contributed by atoms with Crippen LogP contribution >= 0.6 is 0 Å². The summed E-state index contributed by atoms with van der Waals surface area (Å²) < 4.78 is 0. The highest BCUT2D eigenvalue weighted by Crippen LogP contribution is 2.05. The largest absolute Gasteiger partial charge is 0.336 e. The summed E-state index contributed by atoms with van der Waals surface area (Å²) in [6, 6.07) is 8.07. The average Bonchev–Trinajstić information content (AvgIpc) is 2.35. The summed E-state index contributed by atoms with van der Waals surface area (Å²) in [7, 11) is 0. The zero-order valence-electron chi connectivity index (χ0n) is 10.5. The van der Waals surface area contributed by atoms with E-state index in [0.717, 1.165) is 5.56 Å². The lowest BCUT2D eigenvalue weighted by Gasteiger charge is -2.16. The van der Waals surface area contributed by atoms with Gasteiger partial charge in [-0.25, -0.2) is 0 Å². The van der Waals surface area contributed by atoms with Crippen molar-refractivity contribution in [3.05, 3.63) is 54.1 Å². The minimum absolute atomic E-state index is 0.0213. The predicted octanol–water partition coefficient (Wildman–Crippen LogP) is 3.04. The Kier molecular flexibility index (Phi) is 5.21. The molecule has 0 N–H and O–H groups in total. The second kappa shape index (κ2) is 6.69. The molecule has 1 rings (SSSR count). The summed E-state index contributed by atoms with van der Waals surface area (Å²) in [6.07, 6.45) is 5.19. The maximum absolute atomic E-state index is 11.8. The first-order valence-corrected chi connectivity index (χ1v) is 5.82. The van der Waals surface area contributed by atoms with Crippen LogP contribution in [0.1, 0.15) is 18.1 Å². The highest BCUT2D eigenvalue weighted by molar-refractivity contribution is 5.91. The van der Waals surface area contributed by atoms with Gasteiger partial charge in [-0.3, -0.25) is 4.79 Å². The van der Waals surface area contributed by atoms with Gasteiger partial charge in [-0.05, 0) is 25.5 Å². The first kappa shape index (κ1) is 13.2. The molecule has 0 spiro atoms. The summed E-state index contributed by atoms with van der Waals surface area (Å²) in [4.78, 5) is 13.5. The van der Waals surface area contributed by atoms with Crippen molar-refractivity contribution in [2.24, 2.45) is 0 Å². The van der Waals surface area contributed by atoms with Crippen molar-refractivity contribution in [1.29, 1.82) is 0 Å². The smallest absolute Gasteiger partial charge is 0.246 e. The molecular formula is C15H19NO. The number of carbonyl (C=O) groups excluding carboxylic acids is 1. The molecule has 0 heterocycles. The van der Waals surface area contributed by atoms with Crippen LogP contribution in [0.15, 0.2) is 43.0 Å². The van der Waals surface area contributed by atoms with Crippen LogP contribution in [0.3, 0.4) is 0 Å². The Labute approximate surface area is 103 Å². The van der Waals surface area contributed by atoms with Crippen LogP contribution < -0.4 is 0 Å². The first-order valence-electron chi connectivity index (χ1n) is 5.82. The van der Waals surface area contributed by atoms with Crippen molar-refractivity contribution in [2.45, 2.75) is 13.8 Å². The third kappa shape index (κ3) is 4.27. The van der Waals surface area contributed by atoms with Crippen molar-refractivity contribution in [1.82, 2.24) is 4.90 Å². The Morgan fingerprint density at radius 3 is 2.53 bits per heavy atom. The molecule has 0 saturated heterocycles. The number of likely N-dealkylation sites (N-methyl/N-ethyl adjacent to an activating group) is 1. The Balaban J connectivity index is 2.66. The molecule has 1 aromatic rings. The lowest BCUT2D eigenvalue weighted by molar-refractivity contribution is -0.125. The van der Waals surface area contributed by atoms with Crippen molar-refractivity contribution in [3.63, 3.8) is 0 Å². The Morgan fingerprint density at radius 1 is 1.35 bits per heavy atom. The molecule has 0 aliphatic rings. The van der Waals surface area contributed by atoms with E-state index in [1.54, 1.807) is 17.1 Å². The fourth-order valence-electron chi connectivity index (χ4n) is 1.48. The minimum Gasteiger partial charge on any atom is -0.336 e. The van der Waals surface area contributed by atoms with Gasteiger partial charge in [-0.1, -0.05) is 35.9 Å².